The number of hydrogen-bond acceptors (Lipinski definition) is 6. The summed E-state index contributed by atoms with van der Waals surface area (Å²) in [5.41, 5.74) is 4.19. The molecule has 0 spiro atoms. The predicted molar refractivity (Wildman–Crippen MR) is 78.8 cm³/mol. The first-order valence-electron chi connectivity index (χ1n) is 6.67. The van der Waals surface area contributed by atoms with Gasteiger partial charge in [0.25, 0.3) is 11.8 Å². The van der Waals surface area contributed by atoms with E-state index in [0.717, 1.165) is 5.52 Å². The number of aliphatic hydroxyl groups is 1. The topological polar surface area (TPSA) is 138 Å². The fourth-order valence-electron chi connectivity index (χ4n) is 1.98. The molecule has 0 unspecified atom stereocenters. The van der Waals surface area contributed by atoms with Crippen molar-refractivity contribution in [2.75, 3.05) is 12.0 Å². The monoisotopic (exact) mass is 315 g/mol. The molecule has 23 heavy (non-hydrogen) atoms. The van der Waals surface area contributed by atoms with Gasteiger partial charge in [-0.1, -0.05) is 0 Å². The number of aromatic nitrogens is 5. The first-order valence-corrected chi connectivity index (χ1v) is 6.67. The maximum atomic E-state index is 12.2. The maximum absolute atomic E-state index is 12.2. The number of H-pyrrole nitrogens is 1. The molecule has 0 aliphatic carbocycles. The van der Waals surface area contributed by atoms with Crippen LogP contribution in [-0.4, -0.2) is 54.4 Å². The van der Waals surface area contributed by atoms with Gasteiger partial charge in [-0.05, 0) is 18.2 Å². The Kier molecular flexibility index (Phi) is 3.97. The normalized spacial score (nSPS) is 12.0. The van der Waals surface area contributed by atoms with Crippen molar-refractivity contribution in [2.24, 2.45) is 0 Å². The lowest BCUT2D eigenvalue weighted by Crippen LogP contribution is -2.47. The van der Waals surface area contributed by atoms with Crippen molar-refractivity contribution in [1.82, 2.24) is 30.2 Å². The van der Waals surface area contributed by atoms with E-state index in [0.29, 0.717) is 11.1 Å². The van der Waals surface area contributed by atoms with Crippen LogP contribution in [0.5, 0.6) is 0 Å². The van der Waals surface area contributed by atoms with Crippen molar-refractivity contribution in [1.29, 1.82) is 0 Å². The minimum absolute atomic E-state index is 0.345. The van der Waals surface area contributed by atoms with Crippen LogP contribution in [0.15, 0.2) is 37.2 Å². The van der Waals surface area contributed by atoms with E-state index in [2.05, 4.69) is 30.9 Å². The smallest absolute Gasteiger partial charge is 0.263 e. The van der Waals surface area contributed by atoms with Crippen LogP contribution in [0.2, 0.25) is 0 Å². The van der Waals surface area contributed by atoms with E-state index in [1.54, 1.807) is 18.2 Å². The van der Waals surface area contributed by atoms with Crippen LogP contribution in [0.1, 0.15) is 10.4 Å². The maximum Gasteiger partial charge on any atom is 0.263 e. The summed E-state index contributed by atoms with van der Waals surface area (Å²) in [4.78, 5) is 31.2. The second kappa shape index (κ2) is 6.23. The molecule has 0 saturated carbocycles. The number of imidazole rings is 1. The first kappa shape index (κ1) is 14.7. The van der Waals surface area contributed by atoms with Crippen molar-refractivity contribution in [2.45, 2.75) is 6.04 Å². The molecule has 0 saturated heterocycles. The Bertz CT molecular complexity index is 827. The van der Waals surface area contributed by atoms with Crippen molar-refractivity contribution in [3.8, 4) is 0 Å². The van der Waals surface area contributed by atoms with Crippen LogP contribution < -0.4 is 10.7 Å². The molecule has 2 amide bonds. The number of nitrogens with zero attached hydrogens (tertiary/aromatic N) is 4. The zero-order valence-electron chi connectivity index (χ0n) is 11.8. The van der Waals surface area contributed by atoms with Gasteiger partial charge < -0.3 is 15.4 Å². The Hall–Kier alpha value is -3.27. The molecule has 4 N–H and O–H groups in total. The van der Waals surface area contributed by atoms with Crippen molar-refractivity contribution < 1.29 is 14.7 Å². The van der Waals surface area contributed by atoms with Gasteiger partial charge in [-0.3, -0.25) is 15.0 Å². The fourth-order valence-corrected chi connectivity index (χ4v) is 1.98. The summed E-state index contributed by atoms with van der Waals surface area (Å²) < 4.78 is 1.22. The standard InChI is InChI=1S/C13H13N7O3/c21-4-11(13(23)19-20-6-16-17-7-20)18-12(22)8-1-2-9-10(3-8)15-5-14-9/h1-3,5-7,11,21H,4H2,(H,14,15)(H,18,22)(H,19,23)/t11-/m0/s1. The van der Waals surface area contributed by atoms with Gasteiger partial charge in [0, 0.05) is 5.56 Å². The molecule has 0 aliphatic heterocycles. The summed E-state index contributed by atoms with van der Waals surface area (Å²) in [6.07, 6.45) is 4.08. The number of nitrogens with one attached hydrogen (secondary N) is 3. The molecular weight excluding hydrogens is 302 g/mol. The van der Waals surface area contributed by atoms with E-state index < -0.39 is 24.5 Å². The van der Waals surface area contributed by atoms with Gasteiger partial charge in [0.15, 0.2) is 0 Å². The van der Waals surface area contributed by atoms with Gasteiger partial charge in [0.05, 0.1) is 24.0 Å². The SMILES string of the molecule is O=C(N[C@@H](CO)C(=O)Nn1cnnc1)c1ccc2nc[nH]c2c1. The number of benzene rings is 1. The van der Waals surface area contributed by atoms with Crippen molar-refractivity contribution in [3.05, 3.63) is 42.7 Å². The van der Waals surface area contributed by atoms with Crippen LogP contribution >= 0.6 is 0 Å². The number of aliphatic hydroxyl groups excluding tert-OH is 1. The highest BCUT2D eigenvalue weighted by atomic mass is 16.3. The molecule has 0 radical (unpaired) electrons. The molecule has 2 aromatic heterocycles. The molecular formula is C13H13N7O3. The number of carbonyl (C=O) groups is 2. The Labute approximate surface area is 129 Å². The summed E-state index contributed by atoms with van der Waals surface area (Å²) in [5.74, 6) is -1.08. The van der Waals surface area contributed by atoms with Gasteiger partial charge in [-0.15, -0.1) is 10.2 Å². The van der Waals surface area contributed by atoms with Gasteiger partial charge in [-0.25, -0.2) is 9.66 Å². The Morgan fingerprint density at radius 1 is 1.30 bits per heavy atom. The quantitative estimate of drug-likeness (QED) is 0.477. The highest BCUT2D eigenvalue weighted by Crippen LogP contribution is 2.11. The second-order valence-corrected chi connectivity index (χ2v) is 4.69. The zero-order chi connectivity index (χ0) is 16.2. The van der Waals surface area contributed by atoms with E-state index >= 15 is 0 Å². The summed E-state index contributed by atoms with van der Waals surface area (Å²) in [6.45, 7) is -0.550. The number of hydrogen-bond donors (Lipinski definition) is 4. The molecule has 10 nitrogen and oxygen atoms in total. The summed E-state index contributed by atoms with van der Waals surface area (Å²) >= 11 is 0. The lowest BCUT2D eigenvalue weighted by Gasteiger charge is -2.16. The summed E-state index contributed by atoms with van der Waals surface area (Å²) in [7, 11) is 0. The Morgan fingerprint density at radius 3 is 2.83 bits per heavy atom. The molecule has 0 bridgehead atoms. The fraction of sp³-hybridized carbons (Fsp3) is 0.154. The lowest BCUT2D eigenvalue weighted by atomic mass is 10.1. The third-order valence-corrected chi connectivity index (χ3v) is 3.14. The number of fused-ring (bicyclic) bond motifs is 1. The van der Waals surface area contributed by atoms with Gasteiger partial charge in [-0.2, -0.15) is 0 Å². The minimum atomic E-state index is -1.11. The van der Waals surface area contributed by atoms with Crippen LogP contribution in [0.3, 0.4) is 0 Å². The molecule has 0 fully saturated rings. The predicted octanol–water partition coefficient (Wildman–Crippen LogP) is -0.985. The molecule has 10 heteroatoms. The van der Waals surface area contributed by atoms with Crippen LogP contribution in [0, 0.1) is 0 Å². The van der Waals surface area contributed by atoms with E-state index in [1.807, 2.05) is 0 Å². The zero-order valence-corrected chi connectivity index (χ0v) is 11.8. The van der Waals surface area contributed by atoms with Gasteiger partial charge in [0.1, 0.15) is 18.7 Å². The van der Waals surface area contributed by atoms with E-state index in [1.165, 1.54) is 23.7 Å². The van der Waals surface area contributed by atoms with Crippen LogP contribution in [0.4, 0.5) is 0 Å². The first-order chi connectivity index (χ1) is 11.2. The second-order valence-electron chi connectivity index (χ2n) is 4.69. The van der Waals surface area contributed by atoms with E-state index in [-0.39, 0.29) is 0 Å². The van der Waals surface area contributed by atoms with Gasteiger partial charge in [0.2, 0.25) is 0 Å². The Morgan fingerprint density at radius 2 is 2.09 bits per heavy atom. The lowest BCUT2D eigenvalue weighted by molar-refractivity contribution is -0.119. The molecule has 3 aromatic rings. The van der Waals surface area contributed by atoms with Crippen molar-refractivity contribution >= 4 is 22.8 Å². The number of rotatable bonds is 5. The Balaban J connectivity index is 1.70. The highest BCUT2D eigenvalue weighted by Gasteiger charge is 2.21. The number of amides is 2. The van der Waals surface area contributed by atoms with Crippen LogP contribution in [-0.2, 0) is 4.79 Å². The molecule has 3 rings (SSSR count). The molecule has 2 heterocycles. The molecule has 0 aliphatic rings. The number of aromatic amines is 1. The van der Waals surface area contributed by atoms with Gasteiger partial charge >= 0.3 is 0 Å². The molecule has 1 aromatic carbocycles. The number of carbonyl (C=O) groups excluding carboxylic acids is 2. The van der Waals surface area contributed by atoms with Crippen molar-refractivity contribution in [3.63, 3.8) is 0 Å². The summed E-state index contributed by atoms with van der Waals surface area (Å²) in [6, 6.07) is 3.78. The highest BCUT2D eigenvalue weighted by molar-refractivity contribution is 6.00. The van der Waals surface area contributed by atoms with Crippen LogP contribution in [0.25, 0.3) is 11.0 Å². The van der Waals surface area contributed by atoms with E-state index in [4.69, 9.17) is 0 Å². The molecule has 1 atom stereocenters. The van der Waals surface area contributed by atoms with E-state index in [9.17, 15) is 14.7 Å². The minimum Gasteiger partial charge on any atom is -0.394 e. The average Bonchev–Trinajstić information content (AvgIpc) is 3.22. The third kappa shape index (κ3) is 3.16. The third-order valence-electron chi connectivity index (χ3n) is 3.14. The molecule has 118 valence electrons. The largest absolute Gasteiger partial charge is 0.394 e. The summed E-state index contributed by atoms with van der Waals surface area (Å²) in [5, 5.41) is 18.9. The average molecular weight is 315 g/mol.